The van der Waals surface area contributed by atoms with Crippen LogP contribution in [0.5, 0.6) is 0 Å². The number of alkyl halides is 3. The molecule has 0 bridgehead atoms. The number of carbonyl (C=O) groups excluding carboxylic acids is 1. The van der Waals surface area contributed by atoms with Crippen molar-refractivity contribution in [2.24, 2.45) is 5.92 Å². The van der Waals surface area contributed by atoms with Gasteiger partial charge in [-0.3, -0.25) is 4.79 Å². The lowest BCUT2D eigenvalue weighted by atomic mass is 10.1. The summed E-state index contributed by atoms with van der Waals surface area (Å²) in [6.45, 7) is 1.59. The highest BCUT2D eigenvalue weighted by atomic mass is 19.4. The molecule has 6 heteroatoms. The molecule has 1 saturated carbocycles. The Morgan fingerprint density at radius 3 is 2.61 bits per heavy atom. The van der Waals surface area contributed by atoms with Gasteiger partial charge < -0.3 is 10.2 Å². The fraction of sp³-hybridized carbons (Fsp3) is 0.588. The molecule has 23 heavy (non-hydrogen) atoms. The van der Waals surface area contributed by atoms with E-state index in [4.69, 9.17) is 0 Å². The van der Waals surface area contributed by atoms with E-state index in [1.807, 2.05) is 11.9 Å². The maximum atomic E-state index is 12.6. The summed E-state index contributed by atoms with van der Waals surface area (Å²) in [5, 5.41) is 3.12. The van der Waals surface area contributed by atoms with E-state index in [2.05, 4.69) is 5.32 Å². The maximum Gasteiger partial charge on any atom is 0.416 e. The summed E-state index contributed by atoms with van der Waals surface area (Å²) in [6, 6.07) is 5.48. The average molecular weight is 326 g/mol. The van der Waals surface area contributed by atoms with Crippen LogP contribution in [0.4, 0.5) is 13.2 Å². The van der Waals surface area contributed by atoms with Gasteiger partial charge in [0, 0.05) is 25.0 Å². The molecular weight excluding hydrogens is 305 g/mol. The van der Waals surface area contributed by atoms with Crippen molar-refractivity contribution < 1.29 is 18.0 Å². The van der Waals surface area contributed by atoms with E-state index in [0.717, 1.165) is 50.0 Å². The fourth-order valence-corrected chi connectivity index (χ4v) is 3.54. The minimum atomic E-state index is -4.31. The summed E-state index contributed by atoms with van der Waals surface area (Å²) in [5.41, 5.74) is 0.194. The minimum Gasteiger partial charge on any atom is -0.338 e. The van der Waals surface area contributed by atoms with Crippen LogP contribution in [0.3, 0.4) is 0 Å². The van der Waals surface area contributed by atoms with Gasteiger partial charge in [0.15, 0.2) is 0 Å². The van der Waals surface area contributed by atoms with Crippen LogP contribution in [-0.4, -0.2) is 37.0 Å². The van der Waals surface area contributed by atoms with Gasteiger partial charge in [0.05, 0.1) is 5.56 Å². The lowest BCUT2D eigenvalue weighted by molar-refractivity contribution is -0.137. The van der Waals surface area contributed by atoms with Gasteiger partial charge >= 0.3 is 6.18 Å². The van der Waals surface area contributed by atoms with Crippen molar-refractivity contribution in [1.82, 2.24) is 10.2 Å². The highest BCUT2D eigenvalue weighted by Gasteiger charge is 2.47. The summed E-state index contributed by atoms with van der Waals surface area (Å²) < 4.78 is 37.8. The average Bonchev–Trinajstić information content (AvgIpc) is 3.18. The molecule has 126 valence electrons. The van der Waals surface area contributed by atoms with Gasteiger partial charge in [-0.2, -0.15) is 13.2 Å². The van der Waals surface area contributed by atoms with Gasteiger partial charge in [-0.25, -0.2) is 0 Å². The molecule has 1 N–H and O–H groups in total. The molecule has 3 atom stereocenters. The van der Waals surface area contributed by atoms with Gasteiger partial charge in [0.25, 0.3) is 0 Å². The molecule has 1 heterocycles. The second-order valence-corrected chi connectivity index (χ2v) is 6.45. The van der Waals surface area contributed by atoms with Gasteiger partial charge in [-0.05, 0) is 49.9 Å². The zero-order valence-electron chi connectivity index (χ0n) is 13.1. The number of likely N-dealkylation sites (tertiary alicyclic amines) is 1. The summed E-state index contributed by atoms with van der Waals surface area (Å²) >= 11 is 0. The third-order valence-corrected chi connectivity index (χ3v) is 4.87. The van der Waals surface area contributed by atoms with E-state index in [9.17, 15) is 18.0 Å². The molecular formula is C17H21F3N2O. The van der Waals surface area contributed by atoms with Crippen LogP contribution in [0.15, 0.2) is 24.3 Å². The largest absolute Gasteiger partial charge is 0.416 e. The molecule has 2 aliphatic rings. The van der Waals surface area contributed by atoms with Crippen molar-refractivity contribution >= 4 is 5.91 Å². The van der Waals surface area contributed by atoms with Gasteiger partial charge in [0.1, 0.15) is 0 Å². The van der Waals surface area contributed by atoms with Crippen molar-refractivity contribution in [3.05, 3.63) is 35.4 Å². The van der Waals surface area contributed by atoms with Crippen LogP contribution in [0.2, 0.25) is 0 Å². The van der Waals surface area contributed by atoms with E-state index in [0.29, 0.717) is 0 Å². The summed E-state index contributed by atoms with van der Waals surface area (Å²) in [4.78, 5) is 14.6. The first-order valence-electron chi connectivity index (χ1n) is 8.04. The number of hydrogen-bond donors (Lipinski definition) is 1. The van der Waals surface area contributed by atoms with E-state index >= 15 is 0 Å². The van der Waals surface area contributed by atoms with Crippen molar-refractivity contribution in [2.75, 3.05) is 20.1 Å². The Balaban J connectivity index is 1.64. The maximum absolute atomic E-state index is 12.6. The molecule has 0 unspecified atom stereocenters. The number of nitrogens with one attached hydrogen (secondary N) is 1. The molecule has 1 aromatic carbocycles. The quantitative estimate of drug-likeness (QED) is 0.922. The molecule has 1 aliphatic carbocycles. The zero-order chi connectivity index (χ0) is 16.6. The standard InChI is InChI=1S/C17H21F3N2O/c1-21-10-13-3-2-8-22(13)16(23)15-9-14(15)11-4-6-12(7-5-11)17(18,19)20/h4-7,13-15,21H,2-3,8-10H2,1H3/t13-,14-,15+/m0/s1. The Hall–Kier alpha value is -1.56. The van der Waals surface area contributed by atoms with E-state index in [1.165, 1.54) is 12.1 Å². The van der Waals surface area contributed by atoms with E-state index < -0.39 is 11.7 Å². The Morgan fingerprint density at radius 1 is 1.30 bits per heavy atom. The topological polar surface area (TPSA) is 32.3 Å². The van der Waals surface area contributed by atoms with Crippen molar-refractivity contribution in [2.45, 2.75) is 37.4 Å². The molecule has 0 radical (unpaired) electrons. The normalized spacial score (nSPS) is 27.3. The summed E-state index contributed by atoms with van der Waals surface area (Å²) in [7, 11) is 1.88. The third-order valence-electron chi connectivity index (χ3n) is 4.87. The van der Waals surface area contributed by atoms with Crippen molar-refractivity contribution in [1.29, 1.82) is 0 Å². The monoisotopic (exact) mass is 326 g/mol. The lowest BCUT2D eigenvalue weighted by Crippen LogP contribution is -2.41. The number of rotatable bonds is 4. The Morgan fingerprint density at radius 2 is 2.00 bits per heavy atom. The van der Waals surface area contributed by atoms with Crippen molar-refractivity contribution in [3.63, 3.8) is 0 Å². The van der Waals surface area contributed by atoms with Crippen molar-refractivity contribution in [3.8, 4) is 0 Å². The Kier molecular flexibility index (Phi) is 4.36. The highest BCUT2D eigenvalue weighted by Crippen LogP contribution is 2.49. The number of benzene rings is 1. The van der Waals surface area contributed by atoms with Crippen LogP contribution in [-0.2, 0) is 11.0 Å². The highest BCUT2D eigenvalue weighted by molar-refractivity contribution is 5.83. The van der Waals surface area contributed by atoms with Gasteiger partial charge in [-0.1, -0.05) is 12.1 Å². The molecule has 1 aromatic rings. The predicted molar refractivity (Wildman–Crippen MR) is 81.0 cm³/mol. The van der Waals surface area contributed by atoms with E-state index in [1.54, 1.807) is 0 Å². The number of halogens is 3. The number of nitrogens with zero attached hydrogens (tertiary/aromatic N) is 1. The van der Waals surface area contributed by atoms with Gasteiger partial charge in [-0.15, -0.1) is 0 Å². The number of amides is 1. The molecule has 3 rings (SSSR count). The lowest BCUT2D eigenvalue weighted by Gasteiger charge is -2.24. The van der Waals surface area contributed by atoms with Crippen LogP contribution < -0.4 is 5.32 Å². The van der Waals surface area contributed by atoms with Crippen LogP contribution in [0.1, 0.15) is 36.3 Å². The predicted octanol–water partition coefficient (Wildman–Crippen LogP) is 3.02. The minimum absolute atomic E-state index is 0.0656. The molecule has 1 amide bonds. The smallest absolute Gasteiger partial charge is 0.338 e. The fourth-order valence-electron chi connectivity index (χ4n) is 3.54. The third kappa shape index (κ3) is 3.37. The molecule has 1 saturated heterocycles. The SMILES string of the molecule is CNC[C@@H]1CCCN1C(=O)[C@@H]1C[C@H]1c1ccc(C(F)(F)F)cc1. The van der Waals surface area contributed by atoms with Crippen LogP contribution in [0.25, 0.3) is 0 Å². The molecule has 0 aromatic heterocycles. The molecule has 3 nitrogen and oxygen atoms in total. The Labute approximate surface area is 133 Å². The first-order chi connectivity index (χ1) is 10.9. The van der Waals surface area contributed by atoms with E-state index in [-0.39, 0.29) is 23.8 Å². The second kappa shape index (κ2) is 6.15. The number of carbonyl (C=O) groups is 1. The number of hydrogen-bond acceptors (Lipinski definition) is 2. The van der Waals surface area contributed by atoms with Crippen LogP contribution >= 0.6 is 0 Å². The molecule has 1 aliphatic heterocycles. The first-order valence-corrected chi connectivity index (χ1v) is 8.04. The Bertz CT molecular complexity index is 570. The van der Waals surface area contributed by atoms with Gasteiger partial charge in [0.2, 0.25) is 5.91 Å². The first kappa shape index (κ1) is 16.3. The zero-order valence-corrected chi connectivity index (χ0v) is 13.1. The van der Waals surface area contributed by atoms with Crippen LogP contribution in [0, 0.1) is 5.92 Å². The molecule has 2 fully saturated rings. The second-order valence-electron chi connectivity index (χ2n) is 6.45. The summed E-state index contributed by atoms with van der Waals surface area (Å²) in [6.07, 6.45) is -1.53. The summed E-state index contributed by atoms with van der Waals surface area (Å²) in [5.74, 6) is 0.164. The number of likely N-dealkylation sites (N-methyl/N-ethyl adjacent to an activating group) is 1. The molecule has 0 spiro atoms.